The number of carbonyl (C=O) groups excluding carboxylic acids is 1. The highest BCUT2D eigenvalue weighted by molar-refractivity contribution is 5.73. The van der Waals surface area contributed by atoms with E-state index in [0.717, 1.165) is 19.3 Å². The summed E-state index contributed by atoms with van der Waals surface area (Å²) in [5, 5.41) is 3.45. The Morgan fingerprint density at radius 1 is 1.33 bits per heavy atom. The van der Waals surface area contributed by atoms with E-state index in [1.807, 2.05) is 0 Å². The maximum atomic E-state index is 11.3. The van der Waals surface area contributed by atoms with E-state index in [1.165, 1.54) is 13.5 Å². The van der Waals surface area contributed by atoms with Crippen molar-refractivity contribution in [1.82, 2.24) is 5.32 Å². The Morgan fingerprint density at radius 3 is 2.83 bits per heavy atom. The van der Waals surface area contributed by atoms with E-state index in [2.05, 4.69) is 5.32 Å². The zero-order chi connectivity index (χ0) is 8.55. The smallest absolute Gasteiger partial charge is 0.310 e. The third-order valence-electron chi connectivity index (χ3n) is 3.09. The zero-order valence-corrected chi connectivity index (χ0v) is 7.38. The summed E-state index contributed by atoms with van der Waals surface area (Å²) in [7, 11) is 1.48. The van der Waals surface area contributed by atoms with Crippen molar-refractivity contribution in [3.05, 3.63) is 0 Å². The maximum Gasteiger partial charge on any atom is 0.310 e. The third-order valence-corrected chi connectivity index (χ3v) is 3.09. The van der Waals surface area contributed by atoms with Crippen LogP contribution in [0, 0.1) is 5.92 Å². The number of piperidine rings is 1. The molecule has 68 valence electrons. The second-order valence-corrected chi connectivity index (χ2v) is 3.75. The van der Waals surface area contributed by atoms with Crippen LogP contribution in [0.3, 0.4) is 0 Å². The number of carbonyl (C=O) groups is 1. The molecule has 3 heteroatoms. The molecule has 3 nitrogen and oxygen atoms in total. The summed E-state index contributed by atoms with van der Waals surface area (Å²) in [5.74, 6) is 0.0848. The Hall–Kier alpha value is -0.570. The van der Waals surface area contributed by atoms with E-state index < -0.39 is 0 Å². The van der Waals surface area contributed by atoms with Crippen molar-refractivity contribution < 1.29 is 9.53 Å². The predicted molar refractivity (Wildman–Crippen MR) is 44.7 cm³/mol. The van der Waals surface area contributed by atoms with Gasteiger partial charge in [-0.3, -0.25) is 4.79 Å². The zero-order valence-electron chi connectivity index (χ0n) is 7.38. The lowest BCUT2D eigenvalue weighted by Gasteiger charge is -2.27. The summed E-state index contributed by atoms with van der Waals surface area (Å²) in [6, 6.07) is 1.08. The van der Waals surface area contributed by atoms with Crippen molar-refractivity contribution >= 4 is 5.97 Å². The van der Waals surface area contributed by atoms with Gasteiger partial charge in [0.15, 0.2) is 0 Å². The first-order valence-electron chi connectivity index (χ1n) is 4.65. The molecule has 3 unspecified atom stereocenters. The standard InChI is InChI=1S/C9H15NO2/c1-12-9(11)7-4-2-6-3-5-8(7)10-6/h6-8,10H,2-5H2,1H3. The van der Waals surface area contributed by atoms with Gasteiger partial charge < -0.3 is 10.1 Å². The van der Waals surface area contributed by atoms with Gasteiger partial charge in [-0.2, -0.15) is 0 Å². The molecule has 0 aromatic heterocycles. The van der Waals surface area contributed by atoms with Gasteiger partial charge in [0.2, 0.25) is 0 Å². The number of hydrogen-bond donors (Lipinski definition) is 1. The first-order chi connectivity index (χ1) is 5.81. The Labute approximate surface area is 72.5 Å². The van der Waals surface area contributed by atoms with Gasteiger partial charge in [-0.1, -0.05) is 0 Å². The van der Waals surface area contributed by atoms with Crippen molar-refractivity contribution in [1.29, 1.82) is 0 Å². The number of hydrogen-bond acceptors (Lipinski definition) is 3. The number of nitrogens with one attached hydrogen (secondary N) is 1. The molecule has 0 amide bonds. The van der Waals surface area contributed by atoms with Crippen molar-refractivity contribution in [2.24, 2.45) is 5.92 Å². The summed E-state index contributed by atoms with van der Waals surface area (Å²) in [4.78, 5) is 11.3. The highest BCUT2D eigenvalue weighted by Crippen LogP contribution is 2.31. The number of rotatable bonds is 1. The fraction of sp³-hybridized carbons (Fsp3) is 0.889. The van der Waals surface area contributed by atoms with Crippen molar-refractivity contribution in [3.63, 3.8) is 0 Å². The van der Waals surface area contributed by atoms with E-state index in [9.17, 15) is 4.79 Å². The molecule has 3 atom stereocenters. The van der Waals surface area contributed by atoms with Crippen LogP contribution >= 0.6 is 0 Å². The van der Waals surface area contributed by atoms with Gasteiger partial charge in [-0.05, 0) is 25.7 Å². The first kappa shape index (κ1) is 8.05. The lowest BCUT2D eigenvalue weighted by Crippen LogP contribution is -2.43. The molecule has 2 fully saturated rings. The summed E-state index contributed by atoms with van der Waals surface area (Å²) in [5.41, 5.74) is 0. The molecule has 2 bridgehead atoms. The van der Waals surface area contributed by atoms with Crippen LogP contribution in [-0.2, 0) is 9.53 Å². The monoisotopic (exact) mass is 169 g/mol. The largest absolute Gasteiger partial charge is 0.469 e. The van der Waals surface area contributed by atoms with E-state index in [-0.39, 0.29) is 11.9 Å². The van der Waals surface area contributed by atoms with Gasteiger partial charge in [0.1, 0.15) is 0 Å². The fourth-order valence-corrected chi connectivity index (χ4v) is 2.41. The van der Waals surface area contributed by atoms with E-state index in [0.29, 0.717) is 12.1 Å². The molecule has 0 radical (unpaired) electrons. The van der Waals surface area contributed by atoms with Gasteiger partial charge in [0.25, 0.3) is 0 Å². The number of methoxy groups -OCH3 is 1. The van der Waals surface area contributed by atoms with Gasteiger partial charge in [-0.15, -0.1) is 0 Å². The highest BCUT2D eigenvalue weighted by Gasteiger charge is 2.39. The molecular weight excluding hydrogens is 154 g/mol. The molecule has 2 aliphatic heterocycles. The normalized spacial score (nSPS) is 39.6. The van der Waals surface area contributed by atoms with Crippen LogP contribution in [0.5, 0.6) is 0 Å². The Bertz CT molecular complexity index is 193. The van der Waals surface area contributed by atoms with E-state index in [4.69, 9.17) is 4.74 Å². The minimum Gasteiger partial charge on any atom is -0.469 e. The van der Waals surface area contributed by atoms with Crippen LogP contribution in [0.2, 0.25) is 0 Å². The van der Waals surface area contributed by atoms with Crippen molar-refractivity contribution in [3.8, 4) is 0 Å². The second-order valence-electron chi connectivity index (χ2n) is 3.75. The maximum absolute atomic E-state index is 11.3. The van der Waals surface area contributed by atoms with E-state index >= 15 is 0 Å². The highest BCUT2D eigenvalue weighted by atomic mass is 16.5. The molecule has 0 saturated carbocycles. The minimum absolute atomic E-state index is 0.0344. The summed E-state index contributed by atoms with van der Waals surface area (Å²) >= 11 is 0. The molecule has 2 rings (SSSR count). The van der Waals surface area contributed by atoms with Crippen molar-refractivity contribution in [2.75, 3.05) is 7.11 Å². The van der Waals surface area contributed by atoms with Crippen LogP contribution < -0.4 is 5.32 Å². The average molecular weight is 169 g/mol. The summed E-state index contributed by atoms with van der Waals surface area (Å²) in [6.07, 6.45) is 4.52. The molecular formula is C9H15NO2. The first-order valence-corrected chi connectivity index (χ1v) is 4.65. The molecule has 12 heavy (non-hydrogen) atoms. The van der Waals surface area contributed by atoms with E-state index in [1.54, 1.807) is 0 Å². The predicted octanol–water partition coefficient (Wildman–Crippen LogP) is 0.690. The Morgan fingerprint density at radius 2 is 2.08 bits per heavy atom. The molecule has 0 spiro atoms. The van der Waals surface area contributed by atoms with Crippen LogP contribution in [0.25, 0.3) is 0 Å². The molecule has 0 aromatic rings. The molecule has 2 heterocycles. The van der Waals surface area contributed by atoms with Crippen LogP contribution in [0.15, 0.2) is 0 Å². The minimum atomic E-state index is -0.0344. The molecule has 0 aliphatic carbocycles. The lowest BCUT2D eigenvalue weighted by molar-refractivity contribution is -0.147. The van der Waals surface area contributed by atoms with Crippen LogP contribution in [0.1, 0.15) is 25.7 Å². The van der Waals surface area contributed by atoms with Gasteiger partial charge in [0.05, 0.1) is 13.0 Å². The number of esters is 1. The SMILES string of the molecule is COC(=O)C1CCC2CCC1N2. The lowest BCUT2D eigenvalue weighted by atomic mass is 9.92. The molecule has 0 aromatic carbocycles. The topological polar surface area (TPSA) is 38.3 Å². The fourth-order valence-electron chi connectivity index (χ4n) is 2.41. The van der Waals surface area contributed by atoms with Crippen LogP contribution in [-0.4, -0.2) is 25.2 Å². The average Bonchev–Trinajstić information content (AvgIpc) is 2.47. The third kappa shape index (κ3) is 1.22. The number of fused-ring (bicyclic) bond motifs is 2. The Kier molecular flexibility index (Phi) is 2.05. The van der Waals surface area contributed by atoms with Crippen molar-refractivity contribution in [2.45, 2.75) is 37.8 Å². The quantitative estimate of drug-likeness (QED) is 0.587. The van der Waals surface area contributed by atoms with Gasteiger partial charge in [-0.25, -0.2) is 0 Å². The van der Waals surface area contributed by atoms with Gasteiger partial charge >= 0.3 is 5.97 Å². The van der Waals surface area contributed by atoms with Crippen LogP contribution in [0.4, 0.5) is 0 Å². The summed E-state index contributed by atoms with van der Waals surface area (Å²) in [6.45, 7) is 0. The van der Waals surface area contributed by atoms with Gasteiger partial charge in [0, 0.05) is 12.1 Å². The Balaban J connectivity index is 2.02. The molecule has 2 saturated heterocycles. The number of ether oxygens (including phenoxy) is 1. The summed E-state index contributed by atoms with van der Waals surface area (Å²) < 4.78 is 4.76. The molecule has 1 N–H and O–H groups in total. The second kappa shape index (κ2) is 3.05. The molecule has 2 aliphatic rings.